The van der Waals surface area contributed by atoms with Gasteiger partial charge in [-0.3, -0.25) is 0 Å². The fraction of sp³-hybridized carbons (Fsp3) is 0.500. The molecule has 0 aliphatic heterocycles. The first kappa shape index (κ1) is 16.3. The molecule has 0 saturated heterocycles. The molecule has 0 heterocycles. The lowest BCUT2D eigenvalue weighted by molar-refractivity contribution is -0.144. The van der Waals surface area contributed by atoms with Crippen molar-refractivity contribution < 1.29 is 9.53 Å². The predicted molar refractivity (Wildman–Crippen MR) is 89.1 cm³/mol. The van der Waals surface area contributed by atoms with Crippen LogP contribution in [0.1, 0.15) is 44.6 Å². The van der Waals surface area contributed by atoms with Crippen LogP contribution in [0.2, 0.25) is 0 Å². The fourth-order valence-corrected chi connectivity index (χ4v) is 3.16. The number of carbonyl (C=O) groups excluding carboxylic acids is 1. The summed E-state index contributed by atoms with van der Waals surface area (Å²) in [5, 5.41) is 0. The van der Waals surface area contributed by atoms with Crippen molar-refractivity contribution >= 4 is 21.9 Å². The van der Waals surface area contributed by atoms with Gasteiger partial charge in [-0.05, 0) is 69.1 Å². The molecule has 0 spiro atoms. The van der Waals surface area contributed by atoms with Gasteiger partial charge in [0.1, 0.15) is 6.10 Å². The molecular weight excluding hydrogens is 328 g/mol. The van der Waals surface area contributed by atoms with E-state index in [2.05, 4.69) is 40.2 Å². The van der Waals surface area contributed by atoms with Gasteiger partial charge in [-0.2, -0.15) is 0 Å². The minimum atomic E-state index is -0.198. The molecule has 1 aromatic carbocycles. The summed E-state index contributed by atoms with van der Waals surface area (Å²) in [4.78, 5) is 11.4. The first-order valence-corrected chi connectivity index (χ1v) is 8.54. The number of halogens is 1. The van der Waals surface area contributed by atoms with Gasteiger partial charge in [-0.1, -0.05) is 34.1 Å². The maximum atomic E-state index is 11.4. The third kappa shape index (κ3) is 5.66. The predicted octanol–water partition coefficient (Wildman–Crippen LogP) is 5.06. The van der Waals surface area contributed by atoms with Crippen LogP contribution < -0.4 is 0 Å². The van der Waals surface area contributed by atoms with Crippen molar-refractivity contribution in [3.05, 3.63) is 46.5 Å². The average Bonchev–Trinajstić information content (AvgIpc) is 2.48. The molecule has 2 nitrogen and oxygen atoms in total. The van der Waals surface area contributed by atoms with E-state index in [0.717, 1.165) is 29.7 Å². The summed E-state index contributed by atoms with van der Waals surface area (Å²) in [6.07, 6.45) is 10.1. The molecular formula is C18H23BrO2. The van der Waals surface area contributed by atoms with Crippen molar-refractivity contribution in [3.8, 4) is 0 Å². The summed E-state index contributed by atoms with van der Waals surface area (Å²) in [5.74, 6) is 0.570. The summed E-state index contributed by atoms with van der Waals surface area (Å²) in [6, 6.07) is 8.59. The van der Waals surface area contributed by atoms with Crippen molar-refractivity contribution in [2.45, 2.75) is 51.6 Å². The van der Waals surface area contributed by atoms with Crippen molar-refractivity contribution in [3.63, 3.8) is 0 Å². The quantitative estimate of drug-likeness (QED) is 0.547. The molecule has 2 rings (SSSR count). The minimum Gasteiger partial charge on any atom is -0.459 e. The van der Waals surface area contributed by atoms with Gasteiger partial charge in [-0.25, -0.2) is 4.79 Å². The highest BCUT2D eigenvalue weighted by Gasteiger charge is 2.23. The van der Waals surface area contributed by atoms with E-state index in [4.69, 9.17) is 4.74 Å². The monoisotopic (exact) mass is 350 g/mol. The van der Waals surface area contributed by atoms with Crippen molar-refractivity contribution in [2.24, 2.45) is 5.92 Å². The number of hydrogen-bond acceptors (Lipinski definition) is 2. The zero-order chi connectivity index (χ0) is 15.1. The summed E-state index contributed by atoms with van der Waals surface area (Å²) >= 11 is 3.46. The molecule has 1 saturated carbocycles. The Morgan fingerprint density at radius 2 is 1.90 bits per heavy atom. The Kier molecular flexibility index (Phi) is 6.50. The Bertz CT molecular complexity index is 470. The van der Waals surface area contributed by atoms with Crippen LogP contribution in [0.25, 0.3) is 0 Å². The van der Waals surface area contributed by atoms with Crippen LogP contribution >= 0.6 is 15.9 Å². The molecule has 1 aliphatic carbocycles. The van der Waals surface area contributed by atoms with Gasteiger partial charge in [0, 0.05) is 10.5 Å². The molecule has 0 atom stereocenters. The Morgan fingerprint density at radius 1 is 1.24 bits per heavy atom. The van der Waals surface area contributed by atoms with Gasteiger partial charge in [0.2, 0.25) is 0 Å². The average molecular weight is 351 g/mol. The second-order valence-corrected chi connectivity index (χ2v) is 6.66. The Labute approximate surface area is 135 Å². The summed E-state index contributed by atoms with van der Waals surface area (Å²) < 4.78 is 6.56. The number of allylic oxidation sites excluding steroid dienone is 1. The Balaban J connectivity index is 1.69. The third-order valence-corrected chi connectivity index (χ3v) is 4.66. The zero-order valence-electron chi connectivity index (χ0n) is 12.6. The van der Waals surface area contributed by atoms with Gasteiger partial charge in [0.05, 0.1) is 0 Å². The Hall–Kier alpha value is -1.09. The van der Waals surface area contributed by atoms with Crippen LogP contribution in [0.5, 0.6) is 0 Å². The van der Waals surface area contributed by atoms with E-state index >= 15 is 0 Å². The molecule has 0 bridgehead atoms. The van der Waals surface area contributed by atoms with Gasteiger partial charge in [0.25, 0.3) is 0 Å². The van der Waals surface area contributed by atoms with E-state index in [1.807, 2.05) is 6.92 Å². The first-order valence-electron chi connectivity index (χ1n) is 7.75. The summed E-state index contributed by atoms with van der Waals surface area (Å²) in [5.41, 5.74) is 1.40. The van der Waals surface area contributed by atoms with Crippen LogP contribution in [0, 0.1) is 5.92 Å². The highest BCUT2D eigenvalue weighted by atomic mass is 79.9. The van der Waals surface area contributed by atoms with Crippen LogP contribution in [-0.2, 0) is 16.0 Å². The summed E-state index contributed by atoms with van der Waals surface area (Å²) in [6.45, 7) is 1.83. The molecule has 0 amide bonds. The highest BCUT2D eigenvalue weighted by Crippen LogP contribution is 2.29. The maximum Gasteiger partial charge on any atom is 0.330 e. The highest BCUT2D eigenvalue weighted by molar-refractivity contribution is 9.10. The normalized spacial score (nSPS) is 22.4. The SMILES string of the molecule is C/C=C/C(=O)OC1CCC(CCc2ccc(Br)cc2)CC1. The lowest BCUT2D eigenvalue weighted by Crippen LogP contribution is -2.24. The molecule has 1 aliphatic rings. The van der Waals surface area contributed by atoms with Gasteiger partial charge in [0.15, 0.2) is 0 Å². The van der Waals surface area contributed by atoms with Crippen LogP contribution in [0.3, 0.4) is 0 Å². The van der Waals surface area contributed by atoms with E-state index in [1.54, 1.807) is 6.08 Å². The third-order valence-electron chi connectivity index (χ3n) is 4.13. The molecule has 1 aromatic rings. The van der Waals surface area contributed by atoms with Crippen LogP contribution in [0.4, 0.5) is 0 Å². The lowest BCUT2D eigenvalue weighted by Gasteiger charge is -2.28. The standard InChI is InChI=1S/C18H23BrO2/c1-2-3-18(20)21-17-12-8-15(9-13-17)5-4-14-6-10-16(19)11-7-14/h2-3,6-7,10-11,15,17H,4-5,8-9,12-13H2,1H3/b3-2+. The van der Waals surface area contributed by atoms with Crippen LogP contribution in [-0.4, -0.2) is 12.1 Å². The number of carbonyl (C=O) groups is 1. The van der Waals surface area contributed by atoms with Gasteiger partial charge >= 0.3 is 5.97 Å². The van der Waals surface area contributed by atoms with Crippen molar-refractivity contribution in [1.82, 2.24) is 0 Å². The summed E-state index contributed by atoms with van der Waals surface area (Å²) in [7, 11) is 0. The molecule has 0 N–H and O–H groups in total. The van der Waals surface area contributed by atoms with E-state index < -0.39 is 0 Å². The maximum absolute atomic E-state index is 11.4. The van der Waals surface area contributed by atoms with Gasteiger partial charge in [-0.15, -0.1) is 0 Å². The molecule has 21 heavy (non-hydrogen) atoms. The fourth-order valence-electron chi connectivity index (χ4n) is 2.90. The lowest BCUT2D eigenvalue weighted by atomic mass is 9.84. The number of esters is 1. The van der Waals surface area contributed by atoms with E-state index in [0.29, 0.717) is 0 Å². The van der Waals surface area contributed by atoms with Crippen LogP contribution in [0.15, 0.2) is 40.9 Å². The molecule has 0 aromatic heterocycles. The van der Waals surface area contributed by atoms with E-state index in [-0.39, 0.29) is 12.1 Å². The number of rotatable bonds is 5. The van der Waals surface area contributed by atoms with Gasteiger partial charge < -0.3 is 4.74 Å². The van der Waals surface area contributed by atoms with E-state index in [1.165, 1.54) is 30.9 Å². The molecule has 0 radical (unpaired) electrons. The number of ether oxygens (including phenoxy) is 1. The van der Waals surface area contributed by atoms with E-state index in [9.17, 15) is 4.79 Å². The zero-order valence-corrected chi connectivity index (χ0v) is 14.1. The second kappa shape index (κ2) is 8.38. The molecule has 1 fully saturated rings. The minimum absolute atomic E-state index is 0.123. The first-order chi connectivity index (χ1) is 10.2. The number of benzene rings is 1. The second-order valence-electron chi connectivity index (χ2n) is 5.74. The topological polar surface area (TPSA) is 26.3 Å². The molecule has 3 heteroatoms. The smallest absolute Gasteiger partial charge is 0.330 e. The Morgan fingerprint density at radius 3 is 2.52 bits per heavy atom. The number of aryl methyl sites for hydroxylation is 1. The largest absolute Gasteiger partial charge is 0.459 e. The molecule has 114 valence electrons. The van der Waals surface area contributed by atoms with Crippen molar-refractivity contribution in [1.29, 1.82) is 0 Å². The number of hydrogen-bond donors (Lipinski definition) is 0. The molecule has 0 unspecified atom stereocenters. The van der Waals surface area contributed by atoms with Crippen molar-refractivity contribution in [2.75, 3.05) is 0 Å².